The molecule has 0 saturated heterocycles. The van der Waals surface area contributed by atoms with Crippen molar-refractivity contribution in [1.29, 1.82) is 0 Å². The van der Waals surface area contributed by atoms with Gasteiger partial charge in [-0.15, -0.1) is 0 Å². The van der Waals surface area contributed by atoms with Crippen LogP contribution in [0.25, 0.3) is 0 Å². The smallest absolute Gasteiger partial charge is 0.237 e. The molecule has 0 aliphatic heterocycles. The van der Waals surface area contributed by atoms with Crippen molar-refractivity contribution in [2.45, 2.75) is 32.9 Å². The van der Waals surface area contributed by atoms with Gasteiger partial charge in [0.1, 0.15) is 5.82 Å². The molecule has 2 atom stereocenters. The van der Waals surface area contributed by atoms with Crippen LogP contribution in [-0.4, -0.2) is 11.9 Å². The molecule has 17 heavy (non-hydrogen) atoms. The van der Waals surface area contributed by atoms with Gasteiger partial charge >= 0.3 is 0 Å². The summed E-state index contributed by atoms with van der Waals surface area (Å²) in [7, 11) is 0. The van der Waals surface area contributed by atoms with Gasteiger partial charge in [0.2, 0.25) is 5.91 Å². The normalized spacial score (nSPS) is 14.5. The van der Waals surface area contributed by atoms with Crippen LogP contribution < -0.4 is 11.1 Å². The molecular formula is C13H19FN2O. The number of hydrogen-bond acceptors (Lipinski definition) is 2. The van der Waals surface area contributed by atoms with Crippen molar-refractivity contribution in [2.75, 3.05) is 0 Å². The number of carbonyl (C=O) groups is 1. The van der Waals surface area contributed by atoms with E-state index in [1.54, 1.807) is 19.1 Å². The molecule has 1 aromatic carbocycles. The summed E-state index contributed by atoms with van der Waals surface area (Å²) < 4.78 is 13.0. The molecule has 0 bridgehead atoms. The van der Waals surface area contributed by atoms with E-state index in [0.29, 0.717) is 0 Å². The second kappa shape index (κ2) is 5.77. The molecule has 0 unspecified atom stereocenters. The molecule has 0 saturated carbocycles. The summed E-state index contributed by atoms with van der Waals surface area (Å²) in [5.74, 6) is -0.441. The number of benzene rings is 1. The highest BCUT2D eigenvalue weighted by atomic mass is 19.1. The minimum absolute atomic E-state index is 0.0784. The Hall–Kier alpha value is -1.42. The lowest BCUT2D eigenvalue weighted by Crippen LogP contribution is -2.44. The van der Waals surface area contributed by atoms with Crippen molar-refractivity contribution >= 4 is 5.91 Å². The van der Waals surface area contributed by atoms with Crippen molar-refractivity contribution in [3.63, 3.8) is 0 Å². The van der Waals surface area contributed by atoms with Gasteiger partial charge in [0.25, 0.3) is 0 Å². The zero-order valence-corrected chi connectivity index (χ0v) is 10.4. The first kappa shape index (κ1) is 13.6. The molecule has 94 valence electrons. The van der Waals surface area contributed by atoms with Crippen LogP contribution >= 0.6 is 0 Å². The molecular weight excluding hydrogens is 219 g/mol. The molecule has 4 heteroatoms. The second-order valence-corrected chi connectivity index (χ2v) is 4.56. The van der Waals surface area contributed by atoms with Gasteiger partial charge in [0.15, 0.2) is 0 Å². The van der Waals surface area contributed by atoms with Gasteiger partial charge in [-0.2, -0.15) is 0 Å². The van der Waals surface area contributed by atoms with Crippen molar-refractivity contribution in [1.82, 2.24) is 5.32 Å². The Bertz CT molecular complexity index is 393. The van der Waals surface area contributed by atoms with Gasteiger partial charge in [-0.1, -0.05) is 26.0 Å². The lowest BCUT2D eigenvalue weighted by molar-refractivity contribution is -0.123. The Morgan fingerprint density at radius 2 is 2.00 bits per heavy atom. The van der Waals surface area contributed by atoms with E-state index in [0.717, 1.165) is 5.56 Å². The lowest BCUT2D eigenvalue weighted by Gasteiger charge is -2.20. The predicted octanol–water partition coefficient (Wildman–Crippen LogP) is 1.99. The first-order valence-electron chi connectivity index (χ1n) is 5.73. The fourth-order valence-electron chi connectivity index (χ4n) is 1.47. The fraction of sp³-hybridized carbons (Fsp3) is 0.462. The Labute approximate surface area is 101 Å². The highest BCUT2D eigenvalue weighted by Crippen LogP contribution is 2.13. The number of nitrogens with one attached hydrogen (secondary N) is 1. The van der Waals surface area contributed by atoms with Crippen LogP contribution in [0.15, 0.2) is 24.3 Å². The summed E-state index contributed by atoms with van der Waals surface area (Å²) in [4.78, 5) is 11.7. The van der Waals surface area contributed by atoms with Crippen LogP contribution in [0.2, 0.25) is 0 Å². The lowest BCUT2D eigenvalue weighted by atomic mass is 10.0. The maximum atomic E-state index is 13.0. The molecule has 1 amide bonds. The first-order valence-corrected chi connectivity index (χ1v) is 5.73. The third kappa shape index (κ3) is 3.82. The second-order valence-electron chi connectivity index (χ2n) is 4.56. The van der Waals surface area contributed by atoms with E-state index >= 15 is 0 Å². The summed E-state index contributed by atoms with van der Waals surface area (Å²) in [5.41, 5.74) is 6.46. The van der Waals surface area contributed by atoms with Crippen LogP contribution in [0, 0.1) is 11.7 Å². The molecule has 0 fully saturated rings. The topological polar surface area (TPSA) is 55.1 Å². The van der Waals surface area contributed by atoms with Crippen LogP contribution in [-0.2, 0) is 4.79 Å². The number of nitrogens with two attached hydrogens (primary N) is 1. The van der Waals surface area contributed by atoms with E-state index in [4.69, 9.17) is 5.73 Å². The van der Waals surface area contributed by atoms with Gasteiger partial charge in [0.05, 0.1) is 12.1 Å². The molecule has 0 aliphatic rings. The maximum Gasteiger partial charge on any atom is 0.237 e. The van der Waals surface area contributed by atoms with E-state index in [1.165, 1.54) is 12.1 Å². The molecule has 1 aromatic rings. The monoisotopic (exact) mass is 238 g/mol. The summed E-state index contributed by atoms with van der Waals surface area (Å²) in [6, 6.07) is 5.39. The molecule has 0 aromatic heterocycles. The summed E-state index contributed by atoms with van der Waals surface area (Å²) in [5, 5.41) is 2.77. The highest BCUT2D eigenvalue weighted by Gasteiger charge is 2.19. The van der Waals surface area contributed by atoms with Crippen molar-refractivity contribution < 1.29 is 9.18 Å². The highest BCUT2D eigenvalue weighted by molar-refractivity contribution is 5.82. The van der Waals surface area contributed by atoms with Crippen LogP contribution in [0.4, 0.5) is 4.39 Å². The quantitative estimate of drug-likeness (QED) is 0.842. The Morgan fingerprint density at radius 3 is 2.53 bits per heavy atom. The first-order chi connectivity index (χ1) is 7.91. The standard InChI is InChI=1S/C13H19FN2O/c1-8(2)12(15)13(17)16-9(3)10-5-4-6-11(14)7-10/h4-9,12H,15H2,1-3H3,(H,16,17)/t9-,12+/m0/s1. The van der Waals surface area contributed by atoms with E-state index < -0.39 is 6.04 Å². The van der Waals surface area contributed by atoms with E-state index in [-0.39, 0.29) is 23.7 Å². The van der Waals surface area contributed by atoms with Gasteiger partial charge in [-0.25, -0.2) is 4.39 Å². The SMILES string of the molecule is CC(C)[C@@H](N)C(=O)N[C@@H](C)c1cccc(F)c1. The third-order valence-electron chi connectivity index (χ3n) is 2.73. The Kier molecular flexibility index (Phi) is 4.63. The average Bonchev–Trinajstić information content (AvgIpc) is 2.27. The molecule has 3 nitrogen and oxygen atoms in total. The maximum absolute atomic E-state index is 13.0. The molecule has 0 radical (unpaired) electrons. The molecule has 3 N–H and O–H groups in total. The molecule has 0 spiro atoms. The van der Waals surface area contributed by atoms with Crippen LogP contribution in [0.5, 0.6) is 0 Å². The number of carbonyl (C=O) groups excluding carboxylic acids is 1. The summed E-state index contributed by atoms with van der Waals surface area (Å²) in [6.45, 7) is 5.58. The van der Waals surface area contributed by atoms with E-state index in [9.17, 15) is 9.18 Å². The molecule has 1 rings (SSSR count). The van der Waals surface area contributed by atoms with Crippen LogP contribution in [0.1, 0.15) is 32.4 Å². The number of halogens is 1. The fourth-order valence-corrected chi connectivity index (χ4v) is 1.47. The van der Waals surface area contributed by atoms with E-state index in [1.807, 2.05) is 13.8 Å². The Morgan fingerprint density at radius 1 is 1.35 bits per heavy atom. The zero-order chi connectivity index (χ0) is 13.0. The molecule has 0 heterocycles. The van der Waals surface area contributed by atoms with Gasteiger partial charge in [-0.3, -0.25) is 4.79 Å². The number of amides is 1. The van der Waals surface area contributed by atoms with Crippen molar-refractivity contribution in [2.24, 2.45) is 11.7 Å². The Balaban J connectivity index is 2.66. The minimum Gasteiger partial charge on any atom is -0.348 e. The summed E-state index contributed by atoms with van der Waals surface area (Å²) >= 11 is 0. The van der Waals surface area contributed by atoms with Gasteiger partial charge in [0, 0.05) is 0 Å². The van der Waals surface area contributed by atoms with Crippen molar-refractivity contribution in [3.8, 4) is 0 Å². The van der Waals surface area contributed by atoms with Gasteiger partial charge < -0.3 is 11.1 Å². The number of rotatable bonds is 4. The predicted molar refractivity (Wildman–Crippen MR) is 65.8 cm³/mol. The number of hydrogen-bond donors (Lipinski definition) is 2. The summed E-state index contributed by atoms with van der Waals surface area (Å²) in [6.07, 6.45) is 0. The zero-order valence-electron chi connectivity index (χ0n) is 10.4. The van der Waals surface area contributed by atoms with Crippen LogP contribution in [0.3, 0.4) is 0 Å². The van der Waals surface area contributed by atoms with Gasteiger partial charge in [-0.05, 0) is 30.5 Å². The average molecular weight is 238 g/mol. The third-order valence-corrected chi connectivity index (χ3v) is 2.73. The largest absolute Gasteiger partial charge is 0.348 e. The van der Waals surface area contributed by atoms with Crippen molar-refractivity contribution in [3.05, 3.63) is 35.6 Å². The molecule has 0 aliphatic carbocycles. The van der Waals surface area contributed by atoms with E-state index in [2.05, 4.69) is 5.32 Å². The minimum atomic E-state index is -0.536.